The van der Waals surface area contributed by atoms with E-state index in [0.717, 1.165) is 0 Å². The molecule has 1 aliphatic heterocycles. The molecule has 1 saturated heterocycles. The lowest BCUT2D eigenvalue weighted by Gasteiger charge is -2.35. The minimum absolute atomic E-state index is 0.0727. The molecule has 2 amide bonds. The maximum atomic E-state index is 13.0. The van der Waals surface area contributed by atoms with E-state index in [1.165, 1.54) is 36.4 Å². The average Bonchev–Trinajstić information content (AvgIpc) is 2.67. The number of piperazine rings is 1. The lowest BCUT2D eigenvalue weighted by Crippen LogP contribution is -2.50. The molecule has 0 aliphatic carbocycles. The van der Waals surface area contributed by atoms with E-state index in [1.807, 2.05) is 0 Å². The Kier molecular flexibility index (Phi) is 5.21. The van der Waals surface area contributed by atoms with Crippen molar-refractivity contribution < 1.29 is 23.9 Å². The Bertz CT molecular complexity index is 887. The number of benzene rings is 2. The van der Waals surface area contributed by atoms with Gasteiger partial charge in [-0.3, -0.25) is 9.59 Å². The molecule has 1 heterocycles. The lowest BCUT2D eigenvalue weighted by molar-refractivity contribution is 0.0535. The summed E-state index contributed by atoms with van der Waals surface area (Å²) in [6.07, 6.45) is 0. The zero-order valence-corrected chi connectivity index (χ0v) is 14.8. The van der Waals surface area contributed by atoms with E-state index in [2.05, 4.69) is 0 Å². The lowest BCUT2D eigenvalue weighted by atomic mass is 10.1. The Morgan fingerprint density at radius 2 is 1.30 bits per heavy atom. The van der Waals surface area contributed by atoms with Gasteiger partial charge < -0.3 is 14.9 Å². The first-order chi connectivity index (χ1) is 12.8. The molecule has 7 heteroatoms. The van der Waals surface area contributed by atoms with E-state index in [4.69, 9.17) is 5.11 Å². The summed E-state index contributed by atoms with van der Waals surface area (Å²) in [6, 6.07) is 9.90. The standard InChI is InChI=1S/C20H19FN2O4/c1-13-10-15(12-16(11-13)20(26)27)19(25)23-8-6-22(7-9-23)18(24)14-2-4-17(21)5-3-14/h2-5,10-12H,6-9H2,1H3,(H,26,27). The quantitative estimate of drug-likeness (QED) is 0.900. The van der Waals surface area contributed by atoms with Gasteiger partial charge in [-0.2, -0.15) is 0 Å². The molecular formula is C20H19FN2O4. The summed E-state index contributed by atoms with van der Waals surface area (Å²) < 4.78 is 13.0. The first-order valence-corrected chi connectivity index (χ1v) is 8.54. The zero-order valence-electron chi connectivity index (χ0n) is 14.8. The number of carbonyl (C=O) groups is 3. The van der Waals surface area contributed by atoms with Crippen LogP contribution in [0, 0.1) is 12.7 Å². The fourth-order valence-electron chi connectivity index (χ4n) is 3.10. The van der Waals surface area contributed by atoms with Crippen LogP contribution in [0.2, 0.25) is 0 Å². The number of carboxylic acid groups (broad SMARTS) is 1. The summed E-state index contributed by atoms with van der Waals surface area (Å²) >= 11 is 0. The van der Waals surface area contributed by atoms with E-state index in [9.17, 15) is 18.8 Å². The van der Waals surface area contributed by atoms with Crippen molar-refractivity contribution in [1.29, 1.82) is 0 Å². The van der Waals surface area contributed by atoms with E-state index >= 15 is 0 Å². The predicted molar refractivity (Wildman–Crippen MR) is 96.3 cm³/mol. The molecular weight excluding hydrogens is 351 g/mol. The maximum Gasteiger partial charge on any atom is 0.335 e. The number of carboxylic acids is 1. The number of carbonyl (C=O) groups excluding carboxylic acids is 2. The molecule has 2 aromatic carbocycles. The molecule has 140 valence electrons. The number of halogens is 1. The van der Waals surface area contributed by atoms with Gasteiger partial charge in [-0.05, 0) is 55.0 Å². The molecule has 3 rings (SSSR count). The van der Waals surface area contributed by atoms with Gasteiger partial charge >= 0.3 is 5.97 Å². The number of amides is 2. The zero-order chi connectivity index (χ0) is 19.6. The van der Waals surface area contributed by atoms with Crippen molar-refractivity contribution >= 4 is 17.8 Å². The highest BCUT2D eigenvalue weighted by Crippen LogP contribution is 2.15. The van der Waals surface area contributed by atoms with Crippen LogP contribution in [0.4, 0.5) is 4.39 Å². The van der Waals surface area contributed by atoms with E-state index in [0.29, 0.717) is 42.9 Å². The largest absolute Gasteiger partial charge is 0.478 e. The minimum atomic E-state index is -1.08. The molecule has 0 saturated carbocycles. The number of nitrogens with zero attached hydrogens (tertiary/aromatic N) is 2. The molecule has 1 aliphatic rings. The monoisotopic (exact) mass is 370 g/mol. The summed E-state index contributed by atoms with van der Waals surface area (Å²) in [4.78, 5) is 39.6. The molecule has 0 bridgehead atoms. The second kappa shape index (κ2) is 7.57. The van der Waals surface area contributed by atoms with Crippen LogP contribution in [-0.4, -0.2) is 58.9 Å². The topological polar surface area (TPSA) is 77.9 Å². The van der Waals surface area contributed by atoms with Gasteiger partial charge in [0.15, 0.2) is 0 Å². The number of aromatic carboxylic acids is 1. The third-order valence-electron chi connectivity index (χ3n) is 4.52. The predicted octanol–water partition coefficient (Wildman–Crippen LogP) is 2.43. The normalized spacial score (nSPS) is 14.1. The SMILES string of the molecule is Cc1cc(C(=O)O)cc(C(=O)N2CCN(C(=O)c3ccc(F)cc3)CC2)c1. The maximum absolute atomic E-state index is 13.0. The second-order valence-corrected chi connectivity index (χ2v) is 6.48. The van der Waals surface area contributed by atoms with Crippen molar-refractivity contribution in [1.82, 2.24) is 9.80 Å². The third kappa shape index (κ3) is 4.13. The van der Waals surface area contributed by atoms with Gasteiger partial charge in [-0.25, -0.2) is 9.18 Å². The number of hydrogen-bond donors (Lipinski definition) is 1. The highest BCUT2D eigenvalue weighted by Gasteiger charge is 2.26. The van der Waals surface area contributed by atoms with Crippen molar-refractivity contribution in [2.75, 3.05) is 26.2 Å². The molecule has 0 unspecified atom stereocenters. The molecule has 0 radical (unpaired) electrons. The fourth-order valence-corrected chi connectivity index (χ4v) is 3.10. The van der Waals surface area contributed by atoms with E-state index in [1.54, 1.807) is 22.8 Å². The molecule has 0 spiro atoms. The Morgan fingerprint density at radius 3 is 1.81 bits per heavy atom. The Labute approximate surface area is 155 Å². The van der Waals surface area contributed by atoms with Crippen LogP contribution >= 0.6 is 0 Å². The van der Waals surface area contributed by atoms with Crippen LogP contribution in [-0.2, 0) is 0 Å². The van der Waals surface area contributed by atoms with E-state index < -0.39 is 11.8 Å². The fraction of sp³-hybridized carbons (Fsp3) is 0.250. The van der Waals surface area contributed by atoms with Crippen LogP contribution in [0.1, 0.15) is 36.6 Å². The summed E-state index contributed by atoms with van der Waals surface area (Å²) in [5.41, 5.74) is 1.50. The van der Waals surface area contributed by atoms with Crippen LogP contribution in [0.25, 0.3) is 0 Å². The molecule has 0 atom stereocenters. The molecule has 27 heavy (non-hydrogen) atoms. The van der Waals surface area contributed by atoms with Gasteiger partial charge in [0.1, 0.15) is 5.82 Å². The number of aryl methyl sites for hydroxylation is 1. The summed E-state index contributed by atoms with van der Waals surface area (Å²) in [5, 5.41) is 9.15. The van der Waals surface area contributed by atoms with Crippen LogP contribution in [0.15, 0.2) is 42.5 Å². The number of hydrogen-bond acceptors (Lipinski definition) is 3. The summed E-state index contributed by atoms with van der Waals surface area (Å²) in [5.74, 6) is -1.94. The Balaban J connectivity index is 1.67. The van der Waals surface area contributed by atoms with Crippen LogP contribution in [0.3, 0.4) is 0 Å². The summed E-state index contributed by atoms with van der Waals surface area (Å²) in [7, 11) is 0. The minimum Gasteiger partial charge on any atom is -0.478 e. The van der Waals surface area contributed by atoms with Gasteiger partial charge in [0, 0.05) is 37.3 Å². The van der Waals surface area contributed by atoms with Crippen molar-refractivity contribution in [2.24, 2.45) is 0 Å². The van der Waals surface area contributed by atoms with Gasteiger partial charge in [0.2, 0.25) is 0 Å². The molecule has 6 nitrogen and oxygen atoms in total. The Morgan fingerprint density at radius 1 is 0.815 bits per heavy atom. The van der Waals surface area contributed by atoms with Crippen LogP contribution < -0.4 is 0 Å². The third-order valence-corrected chi connectivity index (χ3v) is 4.52. The summed E-state index contributed by atoms with van der Waals surface area (Å²) in [6.45, 7) is 3.16. The van der Waals surface area contributed by atoms with E-state index in [-0.39, 0.29) is 17.4 Å². The molecule has 2 aromatic rings. The van der Waals surface area contributed by atoms with Gasteiger partial charge in [-0.1, -0.05) is 0 Å². The van der Waals surface area contributed by atoms with Crippen molar-refractivity contribution in [3.05, 3.63) is 70.5 Å². The smallest absolute Gasteiger partial charge is 0.335 e. The molecule has 1 N–H and O–H groups in total. The highest BCUT2D eigenvalue weighted by atomic mass is 19.1. The second-order valence-electron chi connectivity index (χ2n) is 6.48. The van der Waals surface area contributed by atoms with Gasteiger partial charge in [0.25, 0.3) is 11.8 Å². The average molecular weight is 370 g/mol. The molecule has 0 aromatic heterocycles. The van der Waals surface area contributed by atoms with Gasteiger partial charge in [-0.15, -0.1) is 0 Å². The molecule has 1 fully saturated rings. The van der Waals surface area contributed by atoms with Crippen molar-refractivity contribution in [3.8, 4) is 0 Å². The first kappa shape index (κ1) is 18.6. The Hall–Kier alpha value is -3.22. The first-order valence-electron chi connectivity index (χ1n) is 8.54. The van der Waals surface area contributed by atoms with Crippen molar-refractivity contribution in [2.45, 2.75) is 6.92 Å². The number of rotatable bonds is 3. The van der Waals surface area contributed by atoms with Crippen LogP contribution in [0.5, 0.6) is 0 Å². The highest BCUT2D eigenvalue weighted by molar-refractivity contribution is 5.98. The van der Waals surface area contributed by atoms with Gasteiger partial charge in [0.05, 0.1) is 5.56 Å². The van der Waals surface area contributed by atoms with Crippen molar-refractivity contribution in [3.63, 3.8) is 0 Å².